The van der Waals surface area contributed by atoms with Gasteiger partial charge in [-0.15, -0.1) is 0 Å². The third-order valence-corrected chi connectivity index (χ3v) is 5.25. The van der Waals surface area contributed by atoms with Crippen molar-refractivity contribution in [2.45, 2.75) is 39.8 Å². The number of rotatable bonds is 7. The normalized spacial score (nSPS) is 16.6. The molecule has 0 aromatic carbocycles. The van der Waals surface area contributed by atoms with Crippen molar-refractivity contribution in [3.05, 3.63) is 41.9 Å². The van der Waals surface area contributed by atoms with Gasteiger partial charge in [0.1, 0.15) is 5.76 Å². The van der Waals surface area contributed by atoms with Gasteiger partial charge in [0.25, 0.3) is 0 Å². The number of nitrogens with one attached hydrogen (secondary N) is 2. The second-order valence-corrected chi connectivity index (χ2v) is 7.27. The van der Waals surface area contributed by atoms with Gasteiger partial charge in [-0.2, -0.15) is 0 Å². The highest BCUT2D eigenvalue weighted by Gasteiger charge is 2.21. The van der Waals surface area contributed by atoms with Crippen molar-refractivity contribution >= 4 is 5.96 Å². The van der Waals surface area contributed by atoms with Crippen molar-refractivity contribution in [1.29, 1.82) is 0 Å². The lowest BCUT2D eigenvalue weighted by Crippen LogP contribution is -2.43. The molecule has 2 aromatic rings. The van der Waals surface area contributed by atoms with E-state index in [4.69, 9.17) is 4.42 Å². The zero-order valence-corrected chi connectivity index (χ0v) is 16.7. The number of aliphatic imine (C=N–C) groups is 1. The number of hydrogen-bond donors (Lipinski definition) is 2. The summed E-state index contributed by atoms with van der Waals surface area (Å²) in [5.41, 5.74) is 1.000. The summed E-state index contributed by atoms with van der Waals surface area (Å²) in [7, 11) is 1.83. The van der Waals surface area contributed by atoms with Gasteiger partial charge in [0.2, 0.25) is 5.89 Å². The van der Waals surface area contributed by atoms with E-state index in [0.717, 1.165) is 62.6 Å². The molecular weight excluding hydrogens is 340 g/mol. The summed E-state index contributed by atoms with van der Waals surface area (Å²) in [4.78, 5) is 11.3. The van der Waals surface area contributed by atoms with Crippen molar-refractivity contribution in [1.82, 2.24) is 25.1 Å². The maximum absolute atomic E-state index is 5.71. The molecule has 0 saturated carbocycles. The highest BCUT2D eigenvalue weighted by atomic mass is 16.4. The van der Waals surface area contributed by atoms with E-state index < -0.39 is 0 Å². The van der Waals surface area contributed by atoms with E-state index in [1.54, 1.807) is 0 Å². The fourth-order valence-electron chi connectivity index (χ4n) is 3.43. The summed E-state index contributed by atoms with van der Waals surface area (Å²) in [5.74, 6) is 3.33. The van der Waals surface area contributed by atoms with E-state index in [0.29, 0.717) is 5.92 Å². The minimum atomic E-state index is 0.678. The molecule has 0 radical (unpaired) electrons. The van der Waals surface area contributed by atoms with Crippen LogP contribution in [0.25, 0.3) is 0 Å². The average Bonchev–Trinajstić information content (AvgIpc) is 3.29. The van der Waals surface area contributed by atoms with Gasteiger partial charge in [0, 0.05) is 39.1 Å². The first-order chi connectivity index (χ1) is 13.1. The summed E-state index contributed by atoms with van der Waals surface area (Å²) in [6.45, 7) is 9.74. The standard InChI is InChI=1S/C20H32N6O/c1-16-17(2)27-19(24-16)15-26-11-6-18(7-12-26)14-23-20(21-3)22-8-13-25-9-4-5-10-25/h4-5,9-10,18H,6-8,11-15H2,1-3H3,(H2,21,22,23). The summed E-state index contributed by atoms with van der Waals surface area (Å²) < 4.78 is 7.87. The molecule has 7 nitrogen and oxygen atoms in total. The van der Waals surface area contributed by atoms with Crippen LogP contribution >= 0.6 is 0 Å². The third-order valence-electron chi connectivity index (χ3n) is 5.25. The monoisotopic (exact) mass is 372 g/mol. The molecule has 148 valence electrons. The highest BCUT2D eigenvalue weighted by molar-refractivity contribution is 5.79. The van der Waals surface area contributed by atoms with Crippen LogP contribution in [0.3, 0.4) is 0 Å². The molecule has 0 spiro atoms. The van der Waals surface area contributed by atoms with Crippen LogP contribution < -0.4 is 10.6 Å². The lowest BCUT2D eigenvalue weighted by atomic mass is 9.97. The minimum Gasteiger partial charge on any atom is -0.444 e. The van der Waals surface area contributed by atoms with Gasteiger partial charge in [0.05, 0.1) is 12.2 Å². The first kappa shape index (κ1) is 19.5. The van der Waals surface area contributed by atoms with Crippen molar-refractivity contribution in [3.63, 3.8) is 0 Å². The van der Waals surface area contributed by atoms with Crippen LogP contribution in [0, 0.1) is 19.8 Å². The number of hydrogen-bond acceptors (Lipinski definition) is 4. The Morgan fingerprint density at radius 1 is 1.22 bits per heavy atom. The third kappa shape index (κ3) is 5.85. The molecule has 7 heteroatoms. The second-order valence-electron chi connectivity index (χ2n) is 7.27. The number of oxazole rings is 1. The number of likely N-dealkylation sites (tertiary alicyclic amines) is 1. The van der Waals surface area contributed by atoms with Gasteiger partial charge in [-0.3, -0.25) is 9.89 Å². The number of piperidine rings is 1. The van der Waals surface area contributed by atoms with Crippen molar-refractivity contribution in [2.75, 3.05) is 33.2 Å². The second kappa shape index (κ2) is 9.60. The quantitative estimate of drug-likeness (QED) is 0.576. The summed E-state index contributed by atoms with van der Waals surface area (Å²) in [6.07, 6.45) is 6.52. The number of nitrogens with zero attached hydrogens (tertiary/aromatic N) is 4. The van der Waals surface area contributed by atoms with Gasteiger partial charge in [-0.05, 0) is 57.8 Å². The predicted molar refractivity (Wildman–Crippen MR) is 108 cm³/mol. The first-order valence-electron chi connectivity index (χ1n) is 9.84. The van der Waals surface area contributed by atoms with Gasteiger partial charge in [0.15, 0.2) is 5.96 Å². The predicted octanol–water partition coefficient (Wildman–Crippen LogP) is 2.17. The molecular formula is C20H32N6O. The molecule has 0 bridgehead atoms. The maximum atomic E-state index is 5.71. The summed E-state index contributed by atoms with van der Waals surface area (Å²) >= 11 is 0. The van der Waals surface area contributed by atoms with Gasteiger partial charge in [-0.25, -0.2) is 4.98 Å². The number of aryl methyl sites for hydroxylation is 2. The first-order valence-corrected chi connectivity index (χ1v) is 9.84. The molecule has 3 heterocycles. The Morgan fingerprint density at radius 2 is 1.96 bits per heavy atom. The lowest BCUT2D eigenvalue weighted by Gasteiger charge is -2.31. The molecule has 0 amide bonds. The van der Waals surface area contributed by atoms with Gasteiger partial charge >= 0.3 is 0 Å². The fourth-order valence-corrected chi connectivity index (χ4v) is 3.43. The molecule has 27 heavy (non-hydrogen) atoms. The van der Waals surface area contributed by atoms with Crippen LogP contribution in [-0.2, 0) is 13.1 Å². The van der Waals surface area contributed by atoms with Crippen LogP contribution in [0.1, 0.15) is 30.2 Å². The number of aromatic nitrogens is 2. The Hall–Kier alpha value is -2.28. The molecule has 1 aliphatic rings. The Labute approximate surface area is 161 Å². The molecule has 0 atom stereocenters. The molecule has 0 unspecified atom stereocenters. The molecule has 2 aromatic heterocycles. The van der Waals surface area contributed by atoms with E-state index >= 15 is 0 Å². The minimum absolute atomic E-state index is 0.678. The summed E-state index contributed by atoms with van der Waals surface area (Å²) in [6, 6.07) is 4.09. The lowest BCUT2D eigenvalue weighted by molar-refractivity contribution is 0.164. The fraction of sp³-hybridized carbons (Fsp3) is 0.600. The van der Waals surface area contributed by atoms with E-state index in [9.17, 15) is 0 Å². The van der Waals surface area contributed by atoms with Gasteiger partial charge < -0.3 is 19.6 Å². The van der Waals surface area contributed by atoms with E-state index in [2.05, 4.69) is 42.5 Å². The maximum Gasteiger partial charge on any atom is 0.208 e. The van der Waals surface area contributed by atoms with E-state index in [1.165, 1.54) is 12.8 Å². The van der Waals surface area contributed by atoms with Crippen molar-refractivity contribution in [3.8, 4) is 0 Å². The van der Waals surface area contributed by atoms with E-state index in [1.807, 2.05) is 33.0 Å². The Balaban J connectivity index is 1.33. The van der Waals surface area contributed by atoms with Crippen LogP contribution in [0.5, 0.6) is 0 Å². The molecule has 1 fully saturated rings. The van der Waals surface area contributed by atoms with Crippen LogP contribution in [0.2, 0.25) is 0 Å². The Bertz CT molecular complexity index is 693. The van der Waals surface area contributed by atoms with Crippen LogP contribution in [0.4, 0.5) is 0 Å². The zero-order valence-electron chi connectivity index (χ0n) is 16.7. The Kier molecular flexibility index (Phi) is 6.92. The van der Waals surface area contributed by atoms with Gasteiger partial charge in [-0.1, -0.05) is 0 Å². The molecule has 1 aliphatic heterocycles. The summed E-state index contributed by atoms with van der Waals surface area (Å²) in [5, 5.41) is 6.86. The SMILES string of the molecule is CN=C(NCCn1cccc1)NCC1CCN(Cc2nc(C)c(C)o2)CC1. The highest BCUT2D eigenvalue weighted by Crippen LogP contribution is 2.19. The van der Waals surface area contributed by atoms with Crippen molar-refractivity contribution < 1.29 is 4.42 Å². The Morgan fingerprint density at radius 3 is 2.59 bits per heavy atom. The molecule has 0 aliphatic carbocycles. The smallest absolute Gasteiger partial charge is 0.208 e. The number of guanidine groups is 1. The molecule has 2 N–H and O–H groups in total. The van der Waals surface area contributed by atoms with Crippen LogP contribution in [-0.4, -0.2) is 53.6 Å². The van der Waals surface area contributed by atoms with E-state index in [-0.39, 0.29) is 0 Å². The average molecular weight is 373 g/mol. The van der Waals surface area contributed by atoms with Crippen molar-refractivity contribution in [2.24, 2.45) is 10.9 Å². The topological polar surface area (TPSA) is 70.6 Å². The largest absolute Gasteiger partial charge is 0.444 e. The molecule has 3 rings (SSSR count). The molecule has 1 saturated heterocycles. The van der Waals surface area contributed by atoms with Crippen LogP contribution in [0.15, 0.2) is 33.9 Å². The zero-order chi connectivity index (χ0) is 19.1.